The molecule has 3 N–H and O–H groups in total. The van der Waals surface area contributed by atoms with Crippen molar-refractivity contribution in [2.24, 2.45) is 0 Å². The highest BCUT2D eigenvalue weighted by Crippen LogP contribution is 2.24. The minimum absolute atomic E-state index is 0.00921. The quantitative estimate of drug-likeness (QED) is 0.809. The number of aromatic hydroxyl groups is 1. The predicted molar refractivity (Wildman–Crippen MR) is 78.9 cm³/mol. The van der Waals surface area contributed by atoms with Crippen LogP contribution in [0, 0.1) is 13.8 Å². The number of amides is 1. The minimum Gasteiger partial charge on any atom is -0.507 e. The summed E-state index contributed by atoms with van der Waals surface area (Å²) in [5.74, 6) is -1.82. The van der Waals surface area contributed by atoms with E-state index in [1.807, 2.05) is 0 Å². The Morgan fingerprint density at radius 2 is 1.76 bits per heavy atom. The Morgan fingerprint density at radius 1 is 1.05 bits per heavy atom. The van der Waals surface area contributed by atoms with Crippen LogP contribution in [0.3, 0.4) is 0 Å². The maximum absolute atomic E-state index is 12.2. The van der Waals surface area contributed by atoms with Crippen LogP contribution >= 0.6 is 0 Å². The molecule has 0 saturated heterocycles. The lowest BCUT2D eigenvalue weighted by Gasteiger charge is -2.12. The first kappa shape index (κ1) is 14.6. The lowest BCUT2D eigenvalue weighted by Crippen LogP contribution is -2.16. The Balaban J connectivity index is 2.38. The summed E-state index contributed by atoms with van der Waals surface area (Å²) in [5.41, 5.74) is 1.80. The van der Waals surface area contributed by atoms with Crippen molar-refractivity contribution in [3.05, 3.63) is 58.7 Å². The van der Waals surface area contributed by atoms with Gasteiger partial charge in [0.1, 0.15) is 5.75 Å². The normalized spacial score (nSPS) is 10.2. The van der Waals surface area contributed by atoms with Crippen LogP contribution in [0.5, 0.6) is 5.75 Å². The van der Waals surface area contributed by atoms with Crippen molar-refractivity contribution in [3.8, 4) is 5.75 Å². The number of rotatable bonds is 3. The number of aryl methyl sites for hydroxylation is 2. The molecule has 0 aliphatic heterocycles. The number of hydrogen-bond donors (Lipinski definition) is 3. The second-order valence-electron chi connectivity index (χ2n) is 4.78. The van der Waals surface area contributed by atoms with E-state index >= 15 is 0 Å². The van der Waals surface area contributed by atoms with Crippen LogP contribution in [0.15, 0.2) is 36.4 Å². The zero-order chi connectivity index (χ0) is 15.6. The molecule has 5 nitrogen and oxygen atoms in total. The number of carbonyl (C=O) groups is 2. The fourth-order valence-corrected chi connectivity index (χ4v) is 2.03. The van der Waals surface area contributed by atoms with E-state index in [-0.39, 0.29) is 22.6 Å². The number of carboxylic acids is 1. The zero-order valence-corrected chi connectivity index (χ0v) is 11.7. The first-order valence-electron chi connectivity index (χ1n) is 6.34. The van der Waals surface area contributed by atoms with Gasteiger partial charge in [-0.3, -0.25) is 4.79 Å². The molecule has 108 valence electrons. The van der Waals surface area contributed by atoms with E-state index in [9.17, 15) is 14.7 Å². The van der Waals surface area contributed by atoms with Gasteiger partial charge in [-0.05, 0) is 43.2 Å². The third kappa shape index (κ3) is 3.02. The topological polar surface area (TPSA) is 86.6 Å². The summed E-state index contributed by atoms with van der Waals surface area (Å²) in [5, 5.41) is 21.5. The molecular formula is C16H15NO4. The number of para-hydroxylation sites is 1. The molecule has 0 radical (unpaired) electrons. The number of carbonyl (C=O) groups excluding carboxylic acids is 1. The van der Waals surface area contributed by atoms with Crippen molar-refractivity contribution < 1.29 is 19.8 Å². The van der Waals surface area contributed by atoms with Crippen molar-refractivity contribution in [3.63, 3.8) is 0 Å². The molecular weight excluding hydrogens is 270 g/mol. The van der Waals surface area contributed by atoms with E-state index in [4.69, 9.17) is 5.11 Å². The lowest BCUT2D eigenvalue weighted by atomic mass is 10.1. The standard InChI is InChI=1S/C16H15NO4/c1-9-6-7-11(13(18)8-9)15(19)17-14-10(2)4-3-5-12(14)16(20)21/h3-8,18H,1-2H3,(H,17,19)(H,20,21). The van der Waals surface area contributed by atoms with Gasteiger partial charge in [0.15, 0.2) is 0 Å². The zero-order valence-electron chi connectivity index (χ0n) is 11.7. The Kier molecular flexibility index (Phi) is 3.93. The SMILES string of the molecule is Cc1ccc(C(=O)Nc2c(C)cccc2C(=O)O)c(O)c1. The summed E-state index contributed by atoms with van der Waals surface area (Å²) in [6.45, 7) is 3.50. The average Bonchev–Trinajstić information content (AvgIpc) is 2.40. The van der Waals surface area contributed by atoms with Crippen molar-refractivity contribution in [1.82, 2.24) is 0 Å². The fraction of sp³-hybridized carbons (Fsp3) is 0.125. The monoisotopic (exact) mass is 285 g/mol. The molecule has 21 heavy (non-hydrogen) atoms. The maximum Gasteiger partial charge on any atom is 0.337 e. The predicted octanol–water partition coefficient (Wildman–Crippen LogP) is 2.96. The summed E-state index contributed by atoms with van der Waals surface area (Å²) < 4.78 is 0. The number of phenols is 1. The van der Waals surface area contributed by atoms with Crippen molar-refractivity contribution in [2.75, 3.05) is 5.32 Å². The van der Waals surface area contributed by atoms with Gasteiger partial charge >= 0.3 is 5.97 Å². The summed E-state index contributed by atoms with van der Waals surface area (Å²) in [6, 6.07) is 9.41. The molecule has 0 saturated carbocycles. The summed E-state index contributed by atoms with van der Waals surface area (Å²) >= 11 is 0. The highest BCUT2D eigenvalue weighted by atomic mass is 16.4. The molecule has 0 aromatic heterocycles. The largest absolute Gasteiger partial charge is 0.507 e. The highest BCUT2D eigenvalue weighted by molar-refractivity contribution is 6.09. The molecule has 0 fully saturated rings. The van der Waals surface area contributed by atoms with Gasteiger partial charge in [-0.1, -0.05) is 18.2 Å². The number of anilines is 1. The molecule has 0 aliphatic rings. The van der Waals surface area contributed by atoms with Gasteiger partial charge in [-0.15, -0.1) is 0 Å². The third-order valence-corrected chi connectivity index (χ3v) is 3.14. The summed E-state index contributed by atoms with van der Waals surface area (Å²) in [7, 11) is 0. The van der Waals surface area contributed by atoms with Crippen LogP contribution in [0.25, 0.3) is 0 Å². The van der Waals surface area contributed by atoms with Crippen LogP contribution in [0.4, 0.5) is 5.69 Å². The summed E-state index contributed by atoms with van der Waals surface area (Å²) in [6.07, 6.45) is 0. The molecule has 0 bridgehead atoms. The second kappa shape index (κ2) is 5.66. The van der Waals surface area contributed by atoms with Gasteiger partial charge in [-0.25, -0.2) is 4.79 Å². The van der Waals surface area contributed by atoms with Gasteiger partial charge in [0.2, 0.25) is 0 Å². The second-order valence-corrected chi connectivity index (χ2v) is 4.78. The molecule has 0 aliphatic carbocycles. The van der Waals surface area contributed by atoms with E-state index < -0.39 is 11.9 Å². The Hall–Kier alpha value is -2.82. The molecule has 2 aromatic carbocycles. The van der Waals surface area contributed by atoms with E-state index in [0.717, 1.165) is 5.56 Å². The van der Waals surface area contributed by atoms with Crippen molar-refractivity contribution in [2.45, 2.75) is 13.8 Å². The number of nitrogens with one attached hydrogen (secondary N) is 1. The van der Waals surface area contributed by atoms with E-state index in [2.05, 4.69) is 5.32 Å². The lowest BCUT2D eigenvalue weighted by molar-refractivity contribution is 0.0698. The number of carboxylic acid groups (broad SMARTS) is 1. The first-order valence-corrected chi connectivity index (χ1v) is 6.34. The Morgan fingerprint density at radius 3 is 2.38 bits per heavy atom. The highest BCUT2D eigenvalue weighted by Gasteiger charge is 2.17. The van der Waals surface area contributed by atoms with Crippen LogP contribution in [0.2, 0.25) is 0 Å². The minimum atomic E-state index is -1.12. The summed E-state index contributed by atoms with van der Waals surface area (Å²) in [4.78, 5) is 23.4. The number of aromatic carboxylic acids is 1. The van der Waals surface area contributed by atoms with E-state index in [0.29, 0.717) is 5.56 Å². The first-order chi connectivity index (χ1) is 9.90. The van der Waals surface area contributed by atoms with E-state index in [1.54, 1.807) is 32.0 Å². The molecule has 2 aromatic rings. The Labute approximate surface area is 121 Å². The van der Waals surface area contributed by atoms with Gasteiger partial charge in [-0.2, -0.15) is 0 Å². The van der Waals surface area contributed by atoms with Gasteiger partial charge < -0.3 is 15.5 Å². The molecule has 0 spiro atoms. The number of phenolic OH excluding ortho intramolecular Hbond substituents is 1. The third-order valence-electron chi connectivity index (χ3n) is 3.14. The number of hydrogen-bond acceptors (Lipinski definition) is 3. The Bertz CT molecular complexity index is 722. The maximum atomic E-state index is 12.2. The van der Waals surface area contributed by atoms with Crippen LogP contribution in [-0.4, -0.2) is 22.1 Å². The van der Waals surface area contributed by atoms with Crippen molar-refractivity contribution in [1.29, 1.82) is 0 Å². The van der Waals surface area contributed by atoms with Crippen LogP contribution in [0.1, 0.15) is 31.8 Å². The van der Waals surface area contributed by atoms with Gasteiger partial charge in [0.05, 0.1) is 16.8 Å². The fourth-order valence-electron chi connectivity index (χ4n) is 2.03. The molecule has 1 amide bonds. The molecule has 0 heterocycles. The molecule has 2 rings (SSSR count). The van der Waals surface area contributed by atoms with Gasteiger partial charge in [0, 0.05) is 0 Å². The van der Waals surface area contributed by atoms with Crippen molar-refractivity contribution >= 4 is 17.6 Å². The van der Waals surface area contributed by atoms with E-state index in [1.165, 1.54) is 18.2 Å². The van der Waals surface area contributed by atoms with Crippen LogP contribution < -0.4 is 5.32 Å². The molecule has 5 heteroatoms. The molecule has 0 unspecified atom stereocenters. The van der Waals surface area contributed by atoms with Gasteiger partial charge in [0.25, 0.3) is 5.91 Å². The number of benzene rings is 2. The smallest absolute Gasteiger partial charge is 0.337 e. The molecule has 0 atom stereocenters. The van der Waals surface area contributed by atoms with Crippen LogP contribution in [-0.2, 0) is 0 Å². The average molecular weight is 285 g/mol.